The van der Waals surface area contributed by atoms with Gasteiger partial charge in [-0.1, -0.05) is 12.1 Å². The van der Waals surface area contributed by atoms with Gasteiger partial charge in [0.25, 0.3) is 0 Å². The quantitative estimate of drug-likeness (QED) is 0.848. The molecule has 2 heterocycles. The van der Waals surface area contributed by atoms with E-state index in [0.29, 0.717) is 17.9 Å². The molecule has 0 N–H and O–H groups in total. The van der Waals surface area contributed by atoms with E-state index in [-0.39, 0.29) is 0 Å². The molecule has 1 aromatic heterocycles. The summed E-state index contributed by atoms with van der Waals surface area (Å²) >= 11 is 0. The lowest BCUT2D eigenvalue weighted by atomic mass is 10.00. The SMILES string of the molecule is Cc1nnc(-c2cccc(CC3CCCCO3)c2)o1. The minimum absolute atomic E-state index is 0.355. The van der Waals surface area contributed by atoms with E-state index >= 15 is 0 Å². The zero-order valence-corrected chi connectivity index (χ0v) is 11.1. The van der Waals surface area contributed by atoms with Crippen LogP contribution in [0.15, 0.2) is 28.7 Å². The van der Waals surface area contributed by atoms with Gasteiger partial charge < -0.3 is 9.15 Å². The van der Waals surface area contributed by atoms with Crippen molar-refractivity contribution in [3.8, 4) is 11.5 Å². The Morgan fingerprint density at radius 3 is 2.95 bits per heavy atom. The van der Waals surface area contributed by atoms with Gasteiger partial charge in [0.2, 0.25) is 11.8 Å². The molecule has 1 saturated heterocycles. The summed E-state index contributed by atoms with van der Waals surface area (Å²) in [6.45, 7) is 2.70. The van der Waals surface area contributed by atoms with Crippen LogP contribution >= 0.6 is 0 Å². The molecule has 4 nitrogen and oxygen atoms in total. The third kappa shape index (κ3) is 3.01. The van der Waals surface area contributed by atoms with E-state index in [9.17, 15) is 0 Å². The highest BCUT2D eigenvalue weighted by atomic mass is 16.5. The number of nitrogens with zero attached hydrogens (tertiary/aromatic N) is 2. The van der Waals surface area contributed by atoms with E-state index < -0.39 is 0 Å². The van der Waals surface area contributed by atoms with Crippen molar-refractivity contribution in [2.24, 2.45) is 0 Å². The number of aryl methyl sites for hydroxylation is 1. The molecular weight excluding hydrogens is 240 g/mol. The zero-order valence-electron chi connectivity index (χ0n) is 11.1. The Morgan fingerprint density at radius 2 is 2.21 bits per heavy atom. The summed E-state index contributed by atoms with van der Waals surface area (Å²) < 4.78 is 11.2. The van der Waals surface area contributed by atoms with Gasteiger partial charge in [0.1, 0.15) is 0 Å². The molecule has 4 heteroatoms. The van der Waals surface area contributed by atoms with Gasteiger partial charge in [0.15, 0.2) is 0 Å². The van der Waals surface area contributed by atoms with Crippen LogP contribution < -0.4 is 0 Å². The maximum Gasteiger partial charge on any atom is 0.247 e. The standard InChI is InChI=1S/C15H18N2O2/c1-11-16-17-15(19-11)13-6-4-5-12(9-13)10-14-7-2-3-8-18-14/h4-6,9,14H,2-3,7-8,10H2,1H3. The molecule has 100 valence electrons. The Balaban J connectivity index is 1.75. The van der Waals surface area contributed by atoms with E-state index in [4.69, 9.17) is 9.15 Å². The zero-order chi connectivity index (χ0) is 13.1. The number of rotatable bonds is 3. The lowest BCUT2D eigenvalue weighted by Crippen LogP contribution is -2.21. The smallest absolute Gasteiger partial charge is 0.247 e. The molecule has 1 aliphatic heterocycles. The molecule has 2 aromatic rings. The first kappa shape index (κ1) is 12.4. The van der Waals surface area contributed by atoms with Crippen LogP contribution in [-0.2, 0) is 11.2 Å². The highest BCUT2D eigenvalue weighted by molar-refractivity contribution is 5.53. The second kappa shape index (κ2) is 5.53. The average molecular weight is 258 g/mol. The Labute approximate surface area is 112 Å². The number of aromatic nitrogens is 2. The molecule has 1 aliphatic rings. The molecule has 0 amide bonds. The Hall–Kier alpha value is -1.68. The van der Waals surface area contributed by atoms with Crippen molar-refractivity contribution in [3.63, 3.8) is 0 Å². The molecule has 1 unspecified atom stereocenters. The largest absolute Gasteiger partial charge is 0.421 e. The van der Waals surface area contributed by atoms with Crippen LogP contribution in [0.3, 0.4) is 0 Å². The van der Waals surface area contributed by atoms with Gasteiger partial charge >= 0.3 is 0 Å². The second-order valence-corrected chi connectivity index (χ2v) is 5.02. The summed E-state index contributed by atoms with van der Waals surface area (Å²) in [6, 6.07) is 8.28. The number of benzene rings is 1. The minimum atomic E-state index is 0.355. The molecule has 0 spiro atoms. The summed E-state index contributed by atoms with van der Waals surface area (Å²) in [6.07, 6.45) is 4.93. The van der Waals surface area contributed by atoms with E-state index in [1.165, 1.54) is 18.4 Å². The van der Waals surface area contributed by atoms with Crippen molar-refractivity contribution in [1.82, 2.24) is 10.2 Å². The maximum absolute atomic E-state index is 5.78. The molecule has 1 aromatic carbocycles. The van der Waals surface area contributed by atoms with Crippen molar-refractivity contribution in [2.75, 3.05) is 6.61 Å². The van der Waals surface area contributed by atoms with Crippen LogP contribution in [0.2, 0.25) is 0 Å². The summed E-state index contributed by atoms with van der Waals surface area (Å²) in [5.74, 6) is 1.18. The van der Waals surface area contributed by atoms with Crippen LogP contribution in [0.25, 0.3) is 11.5 Å². The number of hydrogen-bond acceptors (Lipinski definition) is 4. The fraction of sp³-hybridized carbons (Fsp3) is 0.467. The Bertz CT molecular complexity index is 545. The number of ether oxygens (including phenoxy) is 1. The normalized spacial score (nSPS) is 19.5. The molecule has 1 atom stereocenters. The number of hydrogen-bond donors (Lipinski definition) is 0. The molecule has 0 bridgehead atoms. The molecule has 19 heavy (non-hydrogen) atoms. The average Bonchev–Trinajstić information content (AvgIpc) is 2.87. The molecule has 3 rings (SSSR count). The predicted octanol–water partition coefficient (Wildman–Crippen LogP) is 3.16. The van der Waals surface area contributed by atoms with Crippen LogP contribution in [-0.4, -0.2) is 22.9 Å². The van der Waals surface area contributed by atoms with E-state index in [1.807, 2.05) is 12.1 Å². The molecular formula is C15H18N2O2. The highest BCUT2D eigenvalue weighted by Crippen LogP contribution is 2.22. The van der Waals surface area contributed by atoms with Gasteiger partial charge in [-0.15, -0.1) is 10.2 Å². The molecule has 0 saturated carbocycles. The third-order valence-electron chi connectivity index (χ3n) is 3.44. The first-order valence-electron chi connectivity index (χ1n) is 6.82. The Kier molecular flexibility index (Phi) is 3.60. The minimum Gasteiger partial charge on any atom is -0.421 e. The Morgan fingerprint density at radius 1 is 1.26 bits per heavy atom. The van der Waals surface area contributed by atoms with Crippen LogP contribution in [0.5, 0.6) is 0 Å². The maximum atomic E-state index is 5.78. The van der Waals surface area contributed by atoms with E-state index in [0.717, 1.165) is 25.0 Å². The van der Waals surface area contributed by atoms with Gasteiger partial charge in [-0.3, -0.25) is 0 Å². The van der Waals surface area contributed by atoms with Crippen molar-refractivity contribution in [1.29, 1.82) is 0 Å². The van der Waals surface area contributed by atoms with Crippen molar-refractivity contribution < 1.29 is 9.15 Å². The van der Waals surface area contributed by atoms with Gasteiger partial charge in [0.05, 0.1) is 6.10 Å². The van der Waals surface area contributed by atoms with Crippen LogP contribution in [0, 0.1) is 6.92 Å². The second-order valence-electron chi connectivity index (χ2n) is 5.02. The predicted molar refractivity (Wildman–Crippen MR) is 71.8 cm³/mol. The first-order chi connectivity index (χ1) is 9.31. The fourth-order valence-corrected chi connectivity index (χ4v) is 2.48. The summed E-state index contributed by atoms with van der Waals surface area (Å²) in [7, 11) is 0. The van der Waals surface area contributed by atoms with Gasteiger partial charge in [-0.25, -0.2) is 0 Å². The van der Waals surface area contributed by atoms with E-state index in [1.54, 1.807) is 6.92 Å². The molecule has 0 aliphatic carbocycles. The topological polar surface area (TPSA) is 48.2 Å². The van der Waals surface area contributed by atoms with Crippen LogP contribution in [0.4, 0.5) is 0 Å². The third-order valence-corrected chi connectivity index (χ3v) is 3.44. The van der Waals surface area contributed by atoms with Gasteiger partial charge in [-0.05, 0) is 43.4 Å². The van der Waals surface area contributed by atoms with Crippen molar-refractivity contribution in [2.45, 2.75) is 38.7 Å². The summed E-state index contributed by atoms with van der Waals surface area (Å²) in [5.41, 5.74) is 2.24. The van der Waals surface area contributed by atoms with Crippen molar-refractivity contribution >= 4 is 0 Å². The lowest BCUT2D eigenvalue weighted by molar-refractivity contribution is 0.0168. The van der Waals surface area contributed by atoms with Crippen LogP contribution in [0.1, 0.15) is 30.7 Å². The van der Waals surface area contributed by atoms with E-state index in [2.05, 4.69) is 22.3 Å². The van der Waals surface area contributed by atoms with Gasteiger partial charge in [0, 0.05) is 19.1 Å². The summed E-state index contributed by atoms with van der Waals surface area (Å²) in [5, 5.41) is 7.92. The fourth-order valence-electron chi connectivity index (χ4n) is 2.48. The molecule has 1 fully saturated rings. The van der Waals surface area contributed by atoms with Crippen molar-refractivity contribution in [3.05, 3.63) is 35.7 Å². The summed E-state index contributed by atoms with van der Waals surface area (Å²) in [4.78, 5) is 0. The first-order valence-corrected chi connectivity index (χ1v) is 6.82. The monoisotopic (exact) mass is 258 g/mol. The van der Waals surface area contributed by atoms with Gasteiger partial charge in [-0.2, -0.15) is 0 Å². The highest BCUT2D eigenvalue weighted by Gasteiger charge is 2.15. The molecule has 0 radical (unpaired) electrons. The lowest BCUT2D eigenvalue weighted by Gasteiger charge is -2.22.